The molecule has 0 saturated carbocycles. The number of likely N-dealkylation sites (tertiary alicyclic amines) is 1. The molecule has 17 heavy (non-hydrogen) atoms. The molecular weight excluding hydrogens is 232 g/mol. The lowest BCUT2D eigenvalue weighted by Crippen LogP contribution is -2.59. The summed E-state index contributed by atoms with van der Waals surface area (Å²) in [4.78, 5) is 0. The molecule has 1 fully saturated rings. The fourth-order valence-electron chi connectivity index (χ4n) is 2.32. The Hall–Kier alpha value is -0.370. The average molecular weight is 258 g/mol. The predicted octanol–water partition coefficient (Wildman–Crippen LogP) is 2.79. The van der Waals surface area contributed by atoms with E-state index >= 15 is 0 Å². The van der Waals surface area contributed by atoms with Crippen molar-refractivity contribution in [3.63, 3.8) is 0 Å². The van der Waals surface area contributed by atoms with E-state index in [9.17, 15) is 0 Å². The summed E-state index contributed by atoms with van der Waals surface area (Å²) in [5, 5.41) is 8.47. The first-order valence-corrected chi connectivity index (χ1v) is 6.79. The van der Waals surface area contributed by atoms with E-state index in [0.29, 0.717) is 5.54 Å². The van der Waals surface area contributed by atoms with Gasteiger partial charge in [0.2, 0.25) is 0 Å². The molecule has 0 aromatic rings. The lowest BCUT2D eigenvalue weighted by Gasteiger charge is -2.45. The van der Waals surface area contributed by atoms with Crippen LogP contribution in [0.15, 0.2) is 0 Å². The van der Waals surface area contributed by atoms with Crippen LogP contribution in [0.2, 0.25) is 0 Å². The molecule has 1 saturated heterocycles. The monoisotopic (exact) mass is 258 g/mol. The van der Waals surface area contributed by atoms with Crippen LogP contribution >= 0.6 is 0 Å². The van der Waals surface area contributed by atoms with Crippen LogP contribution in [0.3, 0.4) is 0 Å². The molecule has 1 aliphatic rings. The van der Waals surface area contributed by atoms with E-state index in [-0.39, 0.29) is 0 Å². The summed E-state index contributed by atoms with van der Waals surface area (Å²) in [6, 6.07) is 0. The highest BCUT2D eigenvalue weighted by atomic mass is 32.1. The van der Waals surface area contributed by atoms with Gasteiger partial charge < -0.3 is 17.4 Å². The summed E-state index contributed by atoms with van der Waals surface area (Å²) in [6.07, 6.45) is 3.86. The maximum absolute atomic E-state index is 7.13. The van der Waals surface area contributed by atoms with Gasteiger partial charge in [0.1, 0.15) is 0 Å². The van der Waals surface area contributed by atoms with Crippen molar-refractivity contribution in [3.8, 4) is 5.40 Å². The smallest absolute Gasteiger partial charge is 0.183 e. The van der Waals surface area contributed by atoms with Crippen LogP contribution in [0.4, 0.5) is 0 Å². The number of ether oxygens (including phenoxy) is 1. The molecule has 1 heterocycles. The molecule has 0 N–H and O–H groups in total. The second-order valence-corrected chi connectivity index (χ2v) is 5.78. The zero-order chi connectivity index (χ0) is 13.4. The summed E-state index contributed by atoms with van der Waals surface area (Å²) >= 11 is 3.70. The van der Waals surface area contributed by atoms with Crippen molar-refractivity contribution in [2.24, 2.45) is 0 Å². The van der Waals surface area contributed by atoms with Crippen molar-refractivity contribution < 1.29 is 9.22 Å². The van der Waals surface area contributed by atoms with Gasteiger partial charge in [-0.1, -0.05) is 12.3 Å². The molecule has 0 aromatic heterocycles. The van der Waals surface area contributed by atoms with Crippen molar-refractivity contribution in [2.45, 2.75) is 52.5 Å². The zero-order valence-electron chi connectivity index (χ0n) is 11.7. The number of quaternary nitrogens is 1. The van der Waals surface area contributed by atoms with Gasteiger partial charge in [0.15, 0.2) is 6.73 Å². The van der Waals surface area contributed by atoms with Gasteiger partial charge >= 0.3 is 0 Å². The predicted molar refractivity (Wildman–Crippen MR) is 73.1 cm³/mol. The second kappa shape index (κ2) is 7.86. The molecular formula is C13H26N2OS. The van der Waals surface area contributed by atoms with Crippen molar-refractivity contribution in [1.82, 2.24) is 0 Å². The molecule has 0 bridgehead atoms. The van der Waals surface area contributed by atoms with E-state index in [1.807, 2.05) is 0 Å². The van der Waals surface area contributed by atoms with Gasteiger partial charge in [0.25, 0.3) is 0 Å². The van der Waals surface area contributed by atoms with Crippen LogP contribution in [-0.4, -0.2) is 36.4 Å². The van der Waals surface area contributed by atoms with Gasteiger partial charge in [-0.3, -0.25) is 4.48 Å². The third-order valence-electron chi connectivity index (χ3n) is 3.53. The third-order valence-corrected chi connectivity index (χ3v) is 3.53. The molecule has 0 radical (unpaired) electrons. The SMILES string of the molecule is CCCOC[N+]1(C(C)(C)C)CCCC1.N#C[S-]. The summed E-state index contributed by atoms with van der Waals surface area (Å²) in [5.41, 5.74) is 0.338. The Morgan fingerprint density at radius 2 is 1.76 bits per heavy atom. The number of nitriles is 1. The Bertz CT molecular complexity index is 237. The van der Waals surface area contributed by atoms with Gasteiger partial charge in [0, 0.05) is 12.8 Å². The molecule has 3 nitrogen and oxygen atoms in total. The van der Waals surface area contributed by atoms with Gasteiger partial charge in [-0.25, -0.2) is 5.26 Å². The lowest BCUT2D eigenvalue weighted by atomic mass is 10.0. The molecule has 0 aliphatic carbocycles. The summed E-state index contributed by atoms with van der Waals surface area (Å²) in [5.74, 6) is 0. The Balaban J connectivity index is 0.000000770. The number of nitrogens with zero attached hydrogens (tertiary/aromatic N) is 2. The molecule has 4 heteroatoms. The fourth-order valence-corrected chi connectivity index (χ4v) is 2.32. The maximum atomic E-state index is 7.13. The van der Waals surface area contributed by atoms with Crippen molar-refractivity contribution in [2.75, 3.05) is 26.4 Å². The Morgan fingerprint density at radius 1 is 1.29 bits per heavy atom. The standard InChI is InChI=1S/C12H26NO.CHNS/c1-5-10-14-11-13(12(2,3)4)8-6-7-9-13;2-1-3/h5-11H2,1-4H3;3H/q+1;/p-1. The fraction of sp³-hybridized carbons (Fsp3) is 0.923. The number of thiocyanates is 1. The second-order valence-electron chi connectivity index (χ2n) is 5.60. The van der Waals surface area contributed by atoms with Crippen LogP contribution in [0.5, 0.6) is 0 Å². The first-order chi connectivity index (χ1) is 7.93. The van der Waals surface area contributed by atoms with E-state index < -0.39 is 0 Å². The van der Waals surface area contributed by atoms with E-state index in [2.05, 4.69) is 40.3 Å². The molecule has 0 atom stereocenters. The normalized spacial score (nSPS) is 18.1. The Kier molecular flexibility index (Phi) is 7.69. The lowest BCUT2D eigenvalue weighted by molar-refractivity contribution is -0.976. The van der Waals surface area contributed by atoms with Crippen LogP contribution in [-0.2, 0) is 17.4 Å². The van der Waals surface area contributed by atoms with E-state index in [1.165, 1.54) is 31.3 Å². The van der Waals surface area contributed by atoms with Crippen molar-refractivity contribution in [1.29, 1.82) is 5.26 Å². The van der Waals surface area contributed by atoms with Gasteiger partial charge in [-0.2, -0.15) is 0 Å². The van der Waals surface area contributed by atoms with Crippen LogP contribution in [0.1, 0.15) is 47.0 Å². The Morgan fingerprint density at radius 3 is 2.12 bits per heavy atom. The highest BCUT2D eigenvalue weighted by Crippen LogP contribution is 2.30. The minimum Gasteiger partial charge on any atom is -0.696 e. The van der Waals surface area contributed by atoms with E-state index in [0.717, 1.165) is 24.2 Å². The molecule has 0 aromatic carbocycles. The third kappa shape index (κ3) is 5.20. The summed E-state index contributed by atoms with van der Waals surface area (Å²) in [7, 11) is 0. The molecule has 1 aliphatic heterocycles. The van der Waals surface area contributed by atoms with Crippen molar-refractivity contribution >= 4 is 12.6 Å². The quantitative estimate of drug-likeness (QED) is 0.336. The molecule has 0 spiro atoms. The van der Waals surface area contributed by atoms with E-state index in [1.54, 1.807) is 0 Å². The number of hydrogen-bond donors (Lipinski definition) is 0. The topological polar surface area (TPSA) is 33.0 Å². The first-order valence-electron chi connectivity index (χ1n) is 6.38. The zero-order valence-corrected chi connectivity index (χ0v) is 12.5. The van der Waals surface area contributed by atoms with Crippen molar-refractivity contribution in [3.05, 3.63) is 0 Å². The van der Waals surface area contributed by atoms with Gasteiger partial charge in [0.05, 0.1) is 25.2 Å². The van der Waals surface area contributed by atoms with Crippen LogP contribution < -0.4 is 0 Å². The summed E-state index contributed by atoms with van der Waals surface area (Å²) in [6.45, 7) is 13.6. The average Bonchev–Trinajstić information content (AvgIpc) is 2.68. The van der Waals surface area contributed by atoms with Crippen LogP contribution in [0, 0.1) is 10.7 Å². The molecule has 0 unspecified atom stereocenters. The highest BCUT2D eigenvalue weighted by molar-refractivity contribution is 7.64. The minimum absolute atomic E-state index is 0.338. The van der Waals surface area contributed by atoms with Gasteiger partial charge in [-0.05, 0) is 27.2 Å². The minimum atomic E-state index is 0.338. The van der Waals surface area contributed by atoms with Crippen LogP contribution in [0.25, 0.3) is 0 Å². The number of rotatable bonds is 4. The maximum Gasteiger partial charge on any atom is 0.183 e. The summed E-state index contributed by atoms with van der Waals surface area (Å²) < 4.78 is 6.93. The largest absolute Gasteiger partial charge is 0.696 e. The highest BCUT2D eigenvalue weighted by Gasteiger charge is 2.42. The first kappa shape index (κ1) is 16.6. The Labute approximate surface area is 112 Å². The van der Waals surface area contributed by atoms with Gasteiger partial charge in [-0.15, -0.1) is 0 Å². The van der Waals surface area contributed by atoms with E-state index in [4.69, 9.17) is 10.00 Å². The molecule has 0 amide bonds. The molecule has 1 rings (SSSR count). The molecule has 100 valence electrons. The number of hydrogen-bond acceptors (Lipinski definition) is 3.